The van der Waals surface area contributed by atoms with Crippen LogP contribution in [0.25, 0.3) is 0 Å². The van der Waals surface area contributed by atoms with Crippen molar-refractivity contribution in [1.29, 1.82) is 0 Å². The van der Waals surface area contributed by atoms with E-state index in [9.17, 15) is 0 Å². The predicted molar refractivity (Wildman–Crippen MR) is 120 cm³/mol. The molecule has 0 bridgehead atoms. The number of hydrogen-bond acceptors (Lipinski definition) is 4. The highest BCUT2D eigenvalue weighted by atomic mass is 127. The summed E-state index contributed by atoms with van der Waals surface area (Å²) in [6, 6.07) is 7.98. The van der Waals surface area contributed by atoms with Crippen molar-refractivity contribution in [2.45, 2.75) is 26.4 Å². The topological polar surface area (TPSA) is 55.3 Å². The van der Waals surface area contributed by atoms with E-state index in [2.05, 4.69) is 17.1 Å². The van der Waals surface area contributed by atoms with Crippen molar-refractivity contribution in [3.05, 3.63) is 29.8 Å². The fourth-order valence-corrected chi connectivity index (χ4v) is 3.09. The van der Waals surface area contributed by atoms with E-state index in [0.717, 1.165) is 56.5 Å². The lowest BCUT2D eigenvalue weighted by Crippen LogP contribution is -2.40. The molecule has 1 fully saturated rings. The first-order chi connectivity index (χ1) is 12.8. The van der Waals surface area contributed by atoms with E-state index in [4.69, 9.17) is 19.2 Å². The number of halogens is 1. The van der Waals surface area contributed by atoms with Crippen LogP contribution in [0.5, 0.6) is 5.75 Å². The highest BCUT2D eigenvalue weighted by Crippen LogP contribution is 2.16. The maximum absolute atomic E-state index is 5.75. The van der Waals surface area contributed by atoms with Gasteiger partial charge in [-0.3, -0.25) is 4.99 Å². The van der Waals surface area contributed by atoms with Crippen molar-refractivity contribution < 1.29 is 14.2 Å². The molecule has 1 saturated heterocycles. The van der Waals surface area contributed by atoms with Crippen molar-refractivity contribution in [2.75, 3.05) is 53.6 Å². The van der Waals surface area contributed by atoms with Crippen LogP contribution in [0.3, 0.4) is 0 Å². The van der Waals surface area contributed by atoms with E-state index < -0.39 is 0 Å². The van der Waals surface area contributed by atoms with Crippen LogP contribution >= 0.6 is 24.0 Å². The van der Waals surface area contributed by atoms with Crippen LogP contribution in [0.15, 0.2) is 29.3 Å². The second-order valence-electron chi connectivity index (χ2n) is 6.55. The van der Waals surface area contributed by atoms with Crippen LogP contribution in [0.2, 0.25) is 0 Å². The van der Waals surface area contributed by atoms with E-state index in [-0.39, 0.29) is 24.0 Å². The SMILES string of the molecule is CCNC(=NCCCOCc1ccc(OC)cc1)N1CCC(COC)C1.I. The summed E-state index contributed by atoms with van der Waals surface area (Å²) in [7, 11) is 3.45. The average Bonchev–Trinajstić information content (AvgIpc) is 3.13. The minimum atomic E-state index is 0. The maximum atomic E-state index is 5.75. The first-order valence-corrected chi connectivity index (χ1v) is 9.49. The molecular weight excluding hydrogens is 457 g/mol. The number of likely N-dealkylation sites (tertiary alicyclic amines) is 1. The van der Waals surface area contributed by atoms with Gasteiger partial charge in [0.1, 0.15) is 5.75 Å². The highest BCUT2D eigenvalue weighted by molar-refractivity contribution is 14.0. The molecule has 7 heteroatoms. The predicted octanol–water partition coefficient (Wildman–Crippen LogP) is 3.15. The molecular formula is C20H34IN3O3. The maximum Gasteiger partial charge on any atom is 0.193 e. The zero-order valence-electron chi connectivity index (χ0n) is 16.8. The average molecular weight is 491 g/mol. The Bertz CT molecular complexity index is 540. The molecule has 1 heterocycles. The molecule has 0 radical (unpaired) electrons. The molecule has 1 N–H and O–H groups in total. The van der Waals surface area contributed by atoms with Gasteiger partial charge in [-0.25, -0.2) is 0 Å². The standard InChI is InChI=1S/C20H33N3O3.HI/c1-4-21-20(23-12-10-18(14-23)15-24-2)22-11-5-13-26-16-17-6-8-19(25-3)9-7-17;/h6-9,18H,4-5,10-16H2,1-3H3,(H,21,22);1H. The molecule has 0 amide bonds. The summed E-state index contributed by atoms with van der Waals surface area (Å²) in [6.07, 6.45) is 2.09. The third-order valence-corrected chi connectivity index (χ3v) is 4.46. The number of aliphatic imine (C=N–C) groups is 1. The van der Waals surface area contributed by atoms with Gasteiger partial charge in [-0.05, 0) is 37.5 Å². The lowest BCUT2D eigenvalue weighted by molar-refractivity contribution is 0.120. The Kier molecular flexibility index (Phi) is 12.4. The third-order valence-electron chi connectivity index (χ3n) is 4.46. The highest BCUT2D eigenvalue weighted by Gasteiger charge is 2.24. The molecule has 0 saturated carbocycles. The van der Waals surface area contributed by atoms with E-state index in [1.807, 2.05) is 24.3 Å². The van der Waals surface area contributed by atoms with Gasteiger partial charge in [0.15, 0.2) is 5.96 Å². The summed E-state index contributed by atoms with van der Waals surface area (Å²) >= 11 is 0. The largest absolute Gasteiger partial charge is 0.497 e. The van der Waals surface area contributed by atoms with Gasteiger partial charge < -0.3 is 24.4 Å². The Morgan fingerprint density at radius 1 is 1.26 bits per heavy atom. The molecule has 1 aliphatic heterocycles. The number of nitrogens with one attached hydrogen (secondary N) is 1. The fraction of sp³-hybridized carbons (Fsp3) is 0.650. The lowest BCUT2D eigenvalue weighted by atomic mass is 10.1. The van der Waals surface area contributed by atoms with Crippen LogP contribution < -0.4 is 10.1 Å². The summed E-state index contributed by atoms with van der Waals surface area (Å²) < 4.78 is 16.2. The second-order valence-corrected chi connectivity index (χ2v) is 6.55. The Hall–Kier alpha value is -1.06. The van der Waals surface area contributed by atoms with Crippen LogP contribution in [0.1, 0.15) is 25.3 Å². The van der Waals surface area contributed by atoms with E-state index in [1.165, 1.54) is 6.42 Å². The molecule has 0 spiro atoms. The van der Waals surface area contributed by atoms with Gasteiger partial charge in [-0.1, -0.05) is 12.1 Å². The zero-order valence-corrected chi connectivity index (χ0v) is 19.1. The van der Waals surface area contributed by atoms with Gasteiger partial charge in [0.2, 0.25) is 0 Å². The zero-order chi connectivity index (χ0) is 18.6. The Labute approximate surface area is 180 Å². The number of benzene rings is 1. The van der Waals surface area contributed by atoms with E-state index in [1.54, 1.807) is 14.2 Å². The summed E-state index contributed by atoms with van der Waals surface area (Å²) in [5.74, 6) is 2.49. The number of rotatable bonds is 10. The van der Waals surface area contributed by atoms with E-state index in [0.29, 0.717) is 19.1 Å². The minimum Gasteiger partial charge on any atom is -0.497 e. The van der Waals surface area contributed by atoms with Gasteiger partial charge in [-0.2, -0.15) is 0 Å². The number of methoxy groups -OCH3 is 2. The Morgan fingerprint density at radius 2 is 2.04 bits per heavy atom. The summed E-state index contributed by atoms with van der Waals surface area (Å²) in [5.41, 5.74) is 1.16. The quantitative estimate of drug-likeness (QED) is 0.236. The minimum absolute atomic E-state index is 0. The molecule has 1 atom stereocenters. The summed E-state index contributed by atoms with van der Waals surface area (Å²) in [4.78, 5) is 7.09. The molecule has 0 aliphatic carbocycles. The molecule has 0 aromatic heterocycles. The van der Waals surface area contributed by atoms with E-state index >= 15 is 0 Å². The van der Waals surface area contributed by atoms with Crippen molar-refractivity contribution in [2.24, 2.45) is 10.9 Å². The van der Waals surface area contributed by atoms with Gasteiger partial charge in [-0.15, -0.1) is 24.0 Å². The smallest absolute Gasteiger partial charge is 0.193 e. The fourth-order valence-electron chi connectivity index (χ4n) is 3.09. The van der Waals surface area contributed by atoms with Crippen molar-refractivity contribution in [3.8, 4) is 5.75 Å². The molecule has 1 aromatic rings. The molecule has 2 rings (SSSR count). The number of nitrogens with zero attached hydrogens (tertiary/aromatic N) is 2. The number of guanidine groups is 1. The second kappa shape index (κ2) is 14.0. The van der Waals surface area contributed by atoms with Gasteiger partial charge >= 0.3 is 0 Å². The summed E-state index contributed by atoms with van der Waals surface area (Å²) in [6.45, 7) is 8.00. The van der Waals surface area contributed by atoms with Crippen LogP contribution in [-0.2, 0) is 16.1 Å². The third kappa shape index (κ3) is 8.66. The van der Waals surface area contributed by atoms with Crippen LogP contribution in [0.4, 0.5) is 0 Å². The van der Waals surface area contributed by atoms with Crippen molar-refractivity contribution in [1.82, 2.24) is 10.2 Å². The van der Waals surface area contributed by atoms with Crippen LogP contribution in [-0.4, -0.2) is 64.5 Å². The first-order valence-electron chi connectivity index (χ1n) is 9.49. The van der Waals surface area contributed by atoms with Gasteiger partial charge in [0.05, 0.1) is 20.3 Å². The summed E-state index contributed by atoms with van der Waals surface area (Å²) in [5, 5.41) is 3.40. The Morgan fingerprint density at radius 3 is 2.70 bits per heavy atom. The monoisotopic (exact) mass is 491 g/mol. The van der Waals surface area contributed by atoms with Crippen LogP contribution in [0, 0.1) is 5.92 Å². The first kappa shape index (κ1) is 24.0. The van der Waals surface area contributed by atoms with Gasteiger partial charge in [0, 0.05) is 45.8 Å². The van der Waals surface area contributed by atoms with Gasteiger partial charge in [0.25, 0.3) is 0 Å². The molecule has 1 aliphatic rings. The molecule has 154 valence electrons. The van der Waals surface area contributed by atoms with Crippen molar-refractivity contribution in [3.63, 3.8) is 0 Å². The normalized spacial score (nSPS) is 16.9. The molecule has 6 nitrogen and oxygen atoms in total. The Balaban J connectivity index is 0.00000364. The number of hydrogen-bond donors (Lipinski definition) is 1. The number of ether oxygens (including phenoxy) is 3. The molecule has 1 aromatic carbocycles. The van der Waals surface area contributed by atoms with Crippen molar-refractivity contribution >= 4 is 29.9 Å². The molecule has 1 unspecified atom stereocenters. The lowest BCUT2D eigenvalue weighted by Gasteiger charge is -2.21. The molecule has 27 heavy (non-hydrogen) atoms.